The number of hydrogen-bond donors (Lipinski definition) is 0. The van der Waals surface area contributed by atoms with E-state index in [0.29, 0.717) is 11.8 Å². The Balaban J connectivity index is 1.98. The highest BCUT2D eigenvalue weighted by atomic mass is 32.2. The highest BCUT2D eigenvalue weighted by molar-refractivity contribution is 8.02. The summed E-state index contributed by atoms with van der Waals surface area (Å²) >= 11 is 1.83. The average molecular weight is 270 g/mol. The average Bonchev–Trinajstić information content (AvgIpc) is 2.97. The SMILES string of the molecule is COc1nc2ccccc2nc1/C=C/C1C=CSC1. The lowest BCUT2D eigenvalue weighted by atomic mass is 10.1. The zero-order valence-electron chi connectivity index (χ0n) is 10.6. The Bertz CT molecular complexity index is 652. The summed E-state index contributed by atoms with van der Waals surface area (Å²) < 4.78 is 5.32. The van der Waals surface area contributed by atoms with E-state index >= 15 is 0 Å². The smallest absolute Gasteiger partial charge is 0.240 e. The van der Waals surface area contributed by atoms with Gasteiger partial charge in [-0.1, -0.05) is 24.3 Å². The van der Waals surface area contributed by atoms with Crippen LogP contribution in [-0.2, 0) is 0 Å². The van der Waals surface area contributed by atoms with Gasteiger partial charge in [0.25, 0.3) is 0 Å². The molecule has 0 saturated heterocycles. The van der Waals surface area contributed by atoms with Crippen LogP contribution in [0.15, 0.2) is 41.8 Å². The van der Waals surface area contributed by atoms with Crippen molar-refractivity contribution < 1.29 is 4.74 Å². The van der Waals surface area contributed by atoms with Crippen LogP contribution in [0.5, 0.6) is 5.88 Å². The van der Waals surface area contributed by atoms with Crippen molar-refractivity contribution in [3.8, 4) is 5.88 Å². The molecule has 1 atom stereocenters. The van der Waals surface area contributed by atoms with Crippen LogP contribution in [0.2, 0.25) is 0 Å². The monoisotopic (exact) mass is 270 g/mol. The summed E-state index contributed by atoms with van der Waals surface area (Å²) in [7, 11) is 1.63. The van der Waals surface area contributed by atoms with Gasteiger partial charge in [-0.05, 0) is 23.6 Å². The molecule has 1 unspecified atom stereocenters. The molecule has 0 amide bonds. The van der Waals surface area contributed by atoms with Gasteiger partial charge in [0.05, 0.1) is 18.1 Å². The van der Waals surface area contributed by atoms with Crippen molar-refractivity contribution in [2.75, 3.05) is 12.9 Å². The van der Waals surface area contributed by atoms with E-state index in [1.165, 1.54) is 0 Å². The summed E-state index contributed by atoms with van der Waals surface area (Å²) in [6.07, 6.45) is 6.35. The molecule has 2 heterocycles. The molecule has 3 rings (SSSR count). The molecule has 0 aliphatic carbocycles. The Kier molecular flexibility index (Phi) is 3.51. The highest BCUT2D eigenvalue weighted by Gasteiger charge is 2.09. The molecule has 2 aromatic rings. The fourth-order valence-electron chi connectivity index (χ4n) is 1.97. The summed E-state index contributed by atoms with van der Waals surface area (Å²) in [6, 6.07) is 7.82. The Morgan fingerprint density at radius 2 is 2.05 bits per heavy atom. The van der Waals surface area contributed by atoms with E-state index in [0.717, 1.165) is 22.5 Å². The molecule has 4 heteroatoms. The number of ether oxygens (including phenoxy) is 1. The number of para-hydroxylation sites is 2. The first-order chi connectivity index (χ1) is 9.36. The Hall–Kier alpha value is -1.81. The molecule has 0 bridgehead atoms. The lowest BCUT2D eigenvalue weighted by molar-refractivity contribution is 0.396. The molecule has 1 aromatic carbocycles. The molecule has 0 saturated carbocycles. The van der Waals surface area contributed by atoms with Gasteiger partial charge in [0.15, 0.2) is 0 Å². The number of rotatable bonds is 3. The van der Waals surface area contributed by atoms with Gasteiger partial charge in [0.1, 0.15) is 5.69 Å². The second-order valence-electron chi connectivity index (χ2n) is 4.29. The first kappa shape index (κ1) is 12.2. The molecular weight excluding hydrogens is 256 g/mol. The van der Waals surface area contributed by atoms with E-state index in [1.54, 1.807) is 7.11 Å². The molecule has 1 aliphatic rings. The molecule has 0 spiro atoms. The second-order valence-corrected chi connectivity index (χ2v) is 5.23. The van der Waals surface area contributed by atoms with Crippen LogP contribution in [0.4, 0.5) is 0 Å². The topological polar surface area (TPSA) is 35.0 Å². The zero-order chi connectivity index (χ0) is 13.1. The fourth-order valence-corrected chi connectivity index (χ4v) is 2.84. The number of fused-ring (bicyclic) bond motifs is 1. The molecule has 19 heavy (non-hydrogen) atoms. The summed E-state index contributed by atoms with van der Waals surface area (Å²) in [5.41, 5.74) is 2.53. The predicted molar refractivity (Wildman–Crippen MR) is 80.2 cm³/mol. The minimum Gasteiger partial charge on any atom is -0.479 e. The minimum atomic E-state index is 0.475. The summed E-state index contributed by atoms with van der Waals surface area (Å²) in [4.78, 5) is 9.08. The maximum atomic E-state index is 5.32. The molecule has 1 aliphatic heterocycles. The number of benzene rings is 1. The predicted octanol–water partition coefficient (Wildman–Crippen LogP) is 3.53. The van der Waals surface area contributed by atoms with Gasteiger partial charge in [-0.3, -0.25) is 0 Å². The molecule has 0 N–H and O–H groups in total. The van der Waals surface area contributed by atoms with Gasteiger partial charge in [0.2, 0.25) is 5.88 Å². The van der Waals surface area contributed by atoms with Crippen LogP contribution in [0.1, 0.15) is 5.69 Å². The van der Waals surface area contributed by atoms with Crippen molar-refractivity contribution in [1.29, 1.82) is 0 Å². The van der Waals surface area contributed by atoms with Gasteiger partial charge in [-0.15, -0.1) is 11.8 Å². The third kappa shape index (κ3) is 2.63. The van der Waals surface area contributed by atoms with Gasteiger partial charge < -0.3 is 4.74 Å². The van der Waals surface area contributed by atoms with Crippen LogP contribution in [-0.4, -0.2) is 22.8 Å². The summed E-state index contributed by atoms with van der Waals surface area (Å²) in [5.74, 6) is 2.15. The van der Waals surface area contributed by atoms with Crippen LogP contribution in [0, 0.1) is 5.92 Å². The number of aromatic nitrogens is 2. The second kappa shape index (κ2) is 5.45. The highest BCUT2D eigenvalue weighted by Crippen LogP contribution is 2.24. The van der Waals surface area contributed by atoms with E-state index < -0.39 is 0 Å². The van der Waals surface area contributed by atoms with Gasteiger partial charge >= 0.3 is 0 Å². The van der Waals surface area contributed by atoms with Crippen LogP contribution in [0.3, 0.4) is 0 Å². The number of nitrogens with zero attached hydrogens (tertiary/aromatic N) is 2. The van der Waals surface area contributed by atoms with E-state index in [4.69, 9.17) is 4.74 Å². The minimum absolute atomic E-state index is 0.475. The van der Waals surface area contributed by atoms with Crippen LogP contribution < -0.4 is 4.74 Å². The van der Waals surface area contributed by atoms with Crippen molar-refractivity contribution in [1.82, 2.24) is 9.97 Å². The summed E-state index contributed by atoms with van der Waals surface area (Å²) in [6.45, 7) is 0. The number of methoxy groups -OCH3 is 1. The molecule has 0 fully saturated rings. The van der Waals surface area contributed by atoms with E-state index in [-0.39, 0.29) is 0 Å². The van der Waals surface area contributed by atoms with Crippen molar-refractivity contribution in [2.24, 2.45) is 5.92 Å². The van der Waals surface area contributed by atoms with Crippen LogP contribution in [0.25, 0.3) is 17.1 Å². The Morgan fingerprint density at radius 1 is 1.26 bits per heavy atom. The largest absolute Gasteiger partial charge is 0.479 e. The maximum absolute atomic E-state index is 5.32. The molecular formula is C15H14N2OS. The fraction of sp³-hybridized carbons (Fsp3) is 0.200. The van der Waals surface area contributed by atoms with Crippen molar-refractivity contribution in [2.45, 2.75) is 0 Å². The Morgan fingerprint density at radius 3 is 2.74 bits per heavy atom. The Labute approximate surface area is 116 Å². The first-order valence-corrected chi connectivity index (χ1v) is 7.19. The lowest BCUT2D eigenvalue weighted by Crippen LogP contribution is -1.96. The zero-order valence-corrected chi connectivity index (χ0v) is 11.4. The molecule has 1 aromatic heterocycles. The van der Waals surface area contributed by atoms with Crippen molar-refractivity contribution >= 4 is 28.9 Å². The van der Waals surface area contributed by atoms with Gasteiger partial charge in [-0.25, -0.2) is 9.97 Å². The third-order valence-corrected chi connectivity index (χ3v) is 3.90. The lowest BCUT2D eigenvalue weighted by Gasteiger charge is -2.05. The third-order valence-electron chi connectivity index (χ3n) is 2.97. The first-order valence-electron chi connectivity index (χ1n) is 6.14. The quantitative estimate of drug-likeness (QED) is 0.854. The normalized spacial score (nSPS) is 18.5. The number of thioether (sulfide) groups is 1. The number of allylic oxidation sites excluding steroid dienone is 2. The van der Waals surface area contributed by atoms with E-state index in [2.05, 4.69) is 27.5 Å². The van der Waals surface area contributed by atoms with Crippen molar-refractivity contribution in [3.05, 3.63) is 47.5 Å². The molecule has 96 valence electrons. The van der Waals surface area contributed by atoms with Crippen molar-refractivity contribution in [3.63, 3.8) is 0 Å². The van der Waals surface area contributed by atoms with Gasteiger partial charge in [0, 0.05) is 11.7 Å². The van der Waals surface area contributed by atoms with Crippen LogP contribution >= 0.6 is 11.8 Å². The standard InChI is InChI=1S/C15H14N2OS/c1-18-15-14(7-6-11-8-9-19-10-11)16-12-4-2-3-5-13(12)17-15/h2-9,11H,10H2,1H3/b7-6+. The maximum Gasteiger partial charge on any atom is 0.240 e. The molecule has 0 radical (unpaired) electrons. The van der Waals surface area contributed by atoms with Gasteiger partial charge in [-0.2, -0.15) is 0 Å². The number of hydrogen-bond acceptors (Lipinski definition) is 4. The van der Waals surface area contributed by atoms with E-state index in [1.807, 2.05) is 42.1 Å². The summed E-state index contributed by atoms with van der Waals surface area (Å²) in [5, 5.41) is 2.14. The van der Waals surface area contributed by atoms with E-state index in [9.17, 15) is 0 Å². The molecule has 3 nitrogen and oxygen atoms in total.